The standard InChI is InChI=1S/C20H22ClN5.ClH/c21-17-6-8-19(9-7-17)26-13-18(23-24-26)12-25-11-16(10-22)20(14-25)15-4-2-1-3-5-15;/h1-9,13,16,20H,10-12,14,22H2;1H/t16-,20+;/m1./s1. The predicted octanol–water partition coefficient (Wildman–Crippen LogP) is 3.52. The van der Waals surface area contributed by atoms with Crippen molar-refractivity contribution >= 4 is 24.0 Å². The van der Waals surface area contributed by atoms with Gasteiger partial charge in [0, 0.05) is 30.6 Å². The largest absolute Gasteiger partial charge is 0.330 e. The lowest BCUT2D eigenvalue weighted by Gasteiger charge is -2.16. The summed E-state index contributed by atoms with van der Waals surface area (Å²) >= 11 is 5.95. The Labute approximate surface area is 170 Å². The summed E-state index contributed by atoms with van der Waals surface area (Å²) in [6.07, 6.45) is 1.98. The molecule has 0 amide bonds. The molecule has 4 rings (SSSR count). The number of likely N-dealkylation sites (tertiary alicyclic amines) is 1. The van der Waals surface area contributed by atoms with E-state index in [1.54, 1.807) is 4.68 Å². The number of benzene rings is 2. The lowest BCUT2D eigenvalue weighted by Crippen LogP contribution is -2.23. The lowest BCUT2D eigenvalue weighted by molar-refractivity contribution is 0.313. The first-order valence-corrected chi connectivity index (χ1v) is 9.25. The zero-order valence-electron chi connectivity index (χ0n) is 14.9. The van der Waals surface area contributed by atoms with Crippen LogP contribution < -0.4 is 5.73 Å². The number of halogens is 2. The smallest absolute Gasteiger partial charge is 0.0971 e. The van der Waals surface area contributed by atoms with Crippen LogP contribution >= 0.6 is 24.0 Å². The topological polar surface area (TPSA) is 60.0 Å². The number of rotatable bonds is 5. The Morgan fingerprint density at radius 2 is 1.78 bits per heavy atom. The molecule has 1 saturated heterocycles. The summed E-state index contributed by atoms with van der Waals surface area (Å²) in [4.78, 5) is 2.42. The van der Waals surface area contributed by atoms with Crippen molar-refractivity contribution in [2.24, 2.45) is 11.7 Å². The van der Waals surface area contributed by atoms with Crippen LogP contribution in [0, 0.1) is 5.92 Å². The van der Waals surface area contributed by atoms with Gasteiger partial charge in [-0.15, -0.1) is 17.5 Å². The van der Waals surface area contributed by atoms with E-state index in [9.17, 15) is 0 Å². The maximum atomic E-state index is 6.04. The Morgan fingerprint density at radius 1 is 1.04 bits per heavy atom. The highest BCUT2D eigenvalue weighted by Crippen LogP contribution is 2.32. The Hall–Kier alpha value is -1.92. The Balaban J connectivity index is 0.00000210. The van der Waals surface area contributed by atoms with Crippen molar-refractivity contribution in [3.8, 4) is 5.69 Å². The Morgan fingerprint density at radius 3 is 2.48 bits per heavy atom. The zero-order valence-corrected chi connectivity index (χ0v) is 16.5. The second-order valence-corrected chi connectivity index (χ2v) is 7.27. The molecule has 0 aliphatic carbocycles. The molecule has 5 nitrogen and oxygen atoms in total. The van der Waals surface area contributed by atoms with Crippen molar-refractivity contribution in [3.05, 3.63) is 77.1 Å². The van der Waals surface area contributed by atoms with Crippen LogP contribution in [-0.4, -0.2) is 39.5 Å². The fourth-order valence-electron chi connectivity index (χ4n) is 3.73. The quantitative estimate of drug-likeness (QED) is 0.707. The van der Waals surface area contributed by atoms with Gasteiger partial charge in [0.15, 0.2) is 0 Å². The number of nitrogens with zero attached hydrogens (tertiary/aromatic N) is 4. The maximum absolute atomic E-state index is 6.04. The molecular weight excluding hydrogens is 381 g/mol. The minimum Gasteiger partial charge on any atom is -0.330 e. The minimum absolute atomic E-state index is 0. The van der Waals surface area contributed by atoms with Gasteiger partial charge in [0.25, 0.3) is 0 Å². The molecule has 7 heteroatoms. The summed E-state index contributed by atoms with van der Waals surface area (Å²) in [5, 5.41) is 9.29. The monoisotopic (exact) mass is 403 g/mol. The van der Waals surface area contributed by atoms with Gasteiger partial charge < -0.3 is 5.73 Å². The van der Waals surface area contributed by atoms with Crippen molar-refractivity contribution < 1.29 is 0 Å². The molecule has 0 saturated carbocycles. The van der Waals surface area contributed by atoms with E-state index in [-0.39, 0.29) is 12.4 Å². The van der Waals surface area contributed by atoms with Gasteiger partial charge in [-0.05, 0) is 42.3 Å². The normalized spacial score (nSPS) is 19.8. The third-order valence-corrected chi connectivity index (χ3v) is 5.32. The van der Waals surface area contributed by atoms with Crippen molar-refractivity contribution in [1.82, 2.24) is 19.9 Å². The van der Waals surface area contributed by atoms with Crippen LogP contribution in [0.5, 0.6) is 0 Å². The zero-order chi connectivity index (χ0) is 17.9. The molecule has 1 aliphatic rings. The highest BCUT2D eigenvalue weighted by Gasteiger charge is 2.33. The molecule has 1 aromatic heterocycles. The van der Waals surface area contributed by atoms with Crippen LogP contribution in [0.4, 0.5) is 0 Å². The van der Waals surface area contributed by atoms with Gasteiger partial charge in [-0.1, -0.05) is 47.1 Å². The molecule has 0 bridgehead atoms. The first-order chi connectivity index (χ1) is 12.7. The summed E-state index contributed by atoms with van der Waals surface area (Å²) in [5.74, 6) is 0.955. The van der Waals surface area contributed by atoms with Crippen LogP contribution in [0.3, 0.4) is 0 Å². The van der Waals surface area contributed by atoms with Crippen LogP contribution in [-0.2, 0) is 6.54 Å². The average Bonchev–Trinajstić information content (AvgIpc) is 3.30. The van der Waals surface area contributed by atoms with Gasteiger partial charge in [0.2, 0.25) is 0 Å². The maximum Gasteiger partial charge on any atom is 0.0971 e. The second kappa shape index (κ2) is 8.85. The third kappa shape index (κ3) is 4.50. The second-order valence-electron chi connectivity index (χ2n) is 6.84. The third-order valence-electron chi connectivity index (χ3n) is 5.06. The summed E-state index contributed by atoms with van der Waals surface area (Å²) in [6, 6.07) is 18.2. The van der Waals surface area contributed by atoms with E-state index in [0.717, 1.165) is 31.0 Å². The van der Waals surface area contributed by atoms with E-state index >= 15 is 0 Å². The predicted molar refractivity (Wildman–Crippen MR) is 111 cm³/mol. The van der Waals surface area contributed by atoms with Crippen LogP contribution in [0.15, 0.2) is 60.8 Å². The molecule has 2 N–H and O–H groups in total. The molecule has 2 heterocycles. The van der Waals surface area contributed by atoms with Crippen molar-refractivity contribution in [1.29, 1.82) is 0 Å². The molecule has 0 radical (unpaired) electrons. The first-order valence-electron chi connectivity index (χ1n) is 8.87. The van der Waals surface area contributed by atoms with Gasteiger partial charge in [0.1, 0.15) is 0 Å². The van der Waals surface area contributed by atoms with Gasteiger partial charge >= 0.3 is 0 Å². The minimum atomic E-state index is 0. The van der Waals surface area contributed by atoms with Gasteiger partial charge in [-0.2, -0.15) is 0 Å². The van der Waals surface area contributed by atoms with Crippen molar-refractivity contribution in [2.45, 2.75) is 12.5 Å². The number of nitrogens with two attached hydrogens (primary N) is 1. The molecular formula is C20H23Cl2N5. The van der Waals surface area contributed by atoms with E-state index in [1.165, 1.54) is 5.56 Å². The van der Waals surface area contributed by atoms with Crippen LogP contribution in [0.25, 0.3) is 5.69 Å². The average molecular weight is 404 g/mol. The van der Waals surface area contributed by atoms with Gasteiger partial charge in [-0.25, -0.2) is 4.68 Å². The number of hydrogen-bond acceptors (Lipinski definition) is 4. The molecule has 0 unspecified atom stereocenters. The van der Waals surface area contributed by atoms with E-state index in [0.29, 0.717) is 23.4 Å². The molecule has 142 valence electrons. The van der Waals surface area contributed by atoms with E-state index in [1.807, 2.05) is 30.5 Å². The van der Waals surface area contributed by atoms with E-state index in [4.69, 9.17) is 17.3 Å². The molecule has 1 aliphatic heterocycles. The van der Waals surface area contributed by atoms with Crippen LogP contribution in [0.2, 0.25) is 5.02 Å². The van der Waals surface area contributed by atoms with Gasteiger partial charge in [-0.3, -0.25) is 4.90 Å². The highest BCUT2D eigenvalue weighted by atomic mass is 35.5. The summed E-state index contributed by atoms with van der Waals surface area (Å²) in [7, 11) is 0. The molecule has 2 atom stereocenters. The number of aromatic nitrogens is 3. The van der Waals surface area contributed by atoms with E-state index < -0.39 is 0 Å². The summed E-state index contributed by atoms with van der Waals surface area (Å²) < 4.78 is 1.79. The molecule has 3 aromatic rings. The fraction of sp³-hybridized carbons (Fsp3) is 0.300. The Kier molecular flexibility index (Phi) is 6.50. The Bertz CT molecular complexity index is 850. The van der Waals surface area contributed by atoms with Crippen molar-refractivity contribution in [3.63, 3.8) is 0 Å². The summed E-state index contributed by atoms with van der Waals surface area (Å²) in [6.45, 7) is 3.48. The molecule has 0 spiro atoms. The fourth-order valence-corrected chi connectivity index (χ4v) is 3.85. The van der Waals surface area contributed by atoms with Crippen molar-refractivity contribution in [2.75, 3.05) is 19.6 Å². The van der Waals surface area contributed by atoms with Crippen LogP contribution in [0.1, 0.15) is 17.2 Å². The molecule has 2 aromatic carbocycles. The number of hydrogen-bond donors (Lipinski definition) is 1. The molecule has 1 fully saturated rings. The van der Waals surface area contributed by atoms with Gasteiger partial charge in [0.05, 0.1) is 17.6 Å². The van der Waals surface area contributed by atoms with E-state index in [2.05, 4.69) is 45.5 Å². The molecule has 27 heavy (non-hydrogen) atoms. The summed E-state index contributed by atoms with van der Waals surface area (Å²) in [5.41, 5.74) is 9.33. The lowest BCUT2D eigenvalue weighted by atomic mass is 9.89. The SMILES string of the molecule is Cl.NC[C@@H]1CN(Cc2cn(-c3ccc(Cl)cc3)nn2)C[C@H]1c1ccccc1. The first kappa shape index (κ1) is 19.8. The highest BCUT2D eigenvalue weighted by molar-refractivity contribution is 6.30.